The Kier molecular flexibility index (Phi) is 7.74. The summed E-state index contributed by atoms with van der Waals surface area (Å²) >= 11 is 13.5. The summed E-state index contributed by atoms with van der Waals surface area (Å²) in [6.07, 6.45) is 0. The first-order valence-corrected chi connectivity index (χ1v) is 8.18. The molecule has 3 nitrogen and oxygen atoms in total. The highest BCUT2D eigenvalue weighted by atomic mass is 35.5. The summed E-state index contributed by atoms with van der Waals surface area (Å²) in [7, 11) is 0. The second kappa shape index (κ2) is 8.78. The van der Waals surface area contributed by atoms with E-state index in [1.54, 1.807) is 25.1 Å². The summed E-state index contributed by atoms with van der Waals surface area (Å²) in [5.74, 6) is 0.295. The predicted octanol–water partition coefficient (Wildman–Crippen LogP) is 4.02. The van der Waals surface area contributed by atoms with E-state index >= 15 is 0 Å². The van der Waals surface area contributed by atoms with Crippen molar-refractivity contribution in [2.45, 2.75) is 37.8 Å². The molecular weight excluding hydrogens is 317 g/mol. The van der Waals surface area contributed by atoms with E-state index in [0.717, 1.165) is 4.90 Å². The fourth-order valence-corrected chi connectivity index (χ4v) is 3.10. The van der Waals surface area contributed by atoms with Crippen LogP contribution in [0.3, 0.4) is 0 Å². The Morgan fingerprint density at radius 1 is 1.40 bits per heavy atom. The average Bonchev–Trinajstić information content (AvgIpc) is 2.38. The number of hydrogen-bond acceptors (Lipinski definition) is 4. The van der Waals surface area contributed by atoms with E-state index in [0.29, 0.717) is 22.4 Å². The molecule has 112 valence electrons. The normalized spacial score (nSPS) is 12.5. The summed E-state index contributed by atoms with van der Waals surface area (Å²) in [5, 5.41) is 4.45. The molecule has 0 saturated carbocycles. The van der Waals surface area contributed by atoms with Crippen LogP contribution in [0.2, 0.25) is 10.0 Å². The van der Waals surface area contributed by atoms with Crippen LogP contribution in [0.15, 0.2) is 23.1 Å². The molecule has 0 aliphatic heterocycles. The van der Waals surface area contributed by atoms with E-state index < -0.39 is 0 Å². The van der Waals surface area contributed by atoms with Gasteiger partial charge in [-0.25, -0.2) is 0 Å². The topological polar surface area (TPSA) is 38.3 Å². The number of ether oxygens (including phenoxy) is 1. The van der Waals surface area contributed by atoms with Gasteiger partial charge in [0.25, 0.3) is 0 Å². The minimum Gasteiger partial charge on any atom is -0.465 e. The third kappa shape index (κ3) is 5.92. The lowest BCUT2D eigenvalue weighted by molar-refractivity contribution is -0.145. The van der Waals surface area contributed by atoms with E-state index in [1.807, 2.05) is 13.8 Å². The largest absolute Gasteiger partial charge is 0.465 e. The van der Waals surface area contributed by atoms with Crippen molar-refractivity contribution < 1.29 is 9.53 Å². The van der Waals surface area contributed by atoms with Crippen LogP contribution in [-0.4, -0.2) is 30.4 Å². The van der Waals surface area contributed by atoms with Crippen molar-refractivity contribution in [3.63, 3.8) is 0 Å². The van der Waals surface area contributed by atoms with Crippen LogP contribution < -0.4 is 5.32 Å². The Morgan fingerprint density at radius 3 is 2.70 bits per heavy atom. The predicted molar refractivity (Wildman–Crippen MR) is 85.9 cm³/mol. The molecule has 0 aliphatic rings. The number of nitrogens with one attached hydrogen (secondary N) is 1. The van der Waals surface area contributed by atoms with Gasteiger partial charge in [0.15, 0.2) is 0 Å². The number of rotatable bonds is 7. The number of benzene rings is 1. The highest BCUT2D eigenvalue weighted by molar-refractivity contribution is 7.99. The molecule has 1 N–H and O–H groups in total. The molecule has 1 atom stereocenters. The number of hydrogen-bond donors (Lipinski definition) is 1. The average molecular weight is 336 g/mol. The quantitative estimate of drug-likeness (QED) is 0.603. The van der Waals surface area contributed by atoms with Gasteiger partial charge in [-0.1, -0.05) is 37.0 Å². The summed E-state index contributed by atoms with van der Waals surface area (Å²) in [6, 6.07) is 5.12. The molecule has 1 unspecified atom stereocenters. The molecule has 0 fully saturated rings. The van der Waals surface area contributed by atoms with Gasteiger partial charge in [-0.15, -0.1) is 11.8 Å². The van der Waals surface area contributed by atoms with Crippen molar-refractivity contribution in [2.24, 2.45) is 0 Å². The highest BCUT2D eigenvalue weighted by Crippen LogP contribution is 2.30. The number of halogens is 2. The van der Waals surface area contributed by atoms with Crippen LogP contribution in [0.4, 0.5) is 0 Å². The van der Waals surface area contributed by atoms with Crippen LogP contribution in [0.1, 0.15) is 20.8 Å². The number of thioether (sulfide) groups is 1. The maximum Gasteiger partial charge on any atom is 0.324 e. The molecule has 0 bridgehead atoms. The summed E-state index contributed by atoms with van der Waals surface area (Å²) < 4.78 is 5.07. The van der Waals surface area contributed by atoms with Gasteiger partial charge >= 0.3 is 5.97 Å². The lowest BCUT2D eigenvalue weighted by Crippen LogP contribution is -2.43. The SMILES string of the molecule is CCOC(=O)C(CSc1cc(Cl)ccc1Cl)NC(C)C. The van der Waals surface area contributed by atoms with Crippen LogP contribution in [0.5, 0.6) is 0 Å². The van der Waals surface area contributed by atoms with Crippen molar-refractivity contribution in [1.29, 1.82) is 0 Å². The minimum absolute atomic E-state index is 0.194. The summed E-state index contributed by atoms with van der Waals surface area (Å²) in [6.45, 7) is 6.15. The van der Waals surface area contributed by atoms with E-state index in [4.69, 9.17) is 27.9 Å². The third-order valence-corrected chi connectivity index (χ3v) is 4.23. The minimum atomic E-state index is -0.366. The molecule has 1 rings (SSSR count). The molecule has 1 aromatic carbocycles. The third-order valence-electron chi connectivity index (χ3n) is 2.40. The molecule has 0 heterocycles. The van der Waals surface area contributed by atoms with Gasteiger partial charge in [-0.3, -0.25) is 4.79 Å². The van der Waals surface area contributed by atoms with Crippen LogP contribution in [-0.2, 0) is 9.53 Å². The fraction of sp³-hybridized carbons (Fsp3) is 0.500. The molecule has 0 aromatic heterocycles. The van der Waals surface area contributed by atoms with Crippen molar-refractivity contribution in [3.05, 3.63) is 28.2 Å². The molecule has 0 saturated heterocycles. The Balaban J connectivity index is 2.70. The van der Waals surface area contributed by atoms with Crippen molar-refractivity contribution in [2.75, 3.05) is 12.4 Å². The Labute approximate surface area is 134 Å². The maximum absolute atomic E-state index is 11.9. The van der Waals surface area contributed by atoms with Gasteiger partial charge in [-0.2, -0.15) is 0 Å². The lowest BCUT2D eigenvalue weighted by Gasteiger charge is -2.19. The second-order valence-corrected chi connectivity index (χ2v) is 6.42. The van der Waals surface area contributed by atoms with Crippen LogP contribution in [0.25, 0.3) is 0 Å². The zero-order chi connectivity index (χ0) is 15.1. The van der Waals surface area contributed by atoms with Gasteiger partial charge in [0.1, 0.15) is 6.04 Å². The molecular formula is C14H19Cl2NO2S. The smallest absolute Gasteiger partial charge is 0.324 e. The van der Waals surface area contributed by atoms with Gasteiger partial charge in [0.2, 0.25) is 0 Å². The van der Waals surface area contributed by atoms with Gasteiger partial charge in [-0.05, 0) is 25.1 Å². The molecule has 0 radical (unpaired) electrons. The van der Waals surface area contributed by atoms with E-state index in [1.165, 1.54) is 11.8 Å². The number of carbonyl (C=O) groups excluding carboxylic acids is 1. The molecule has 1 aromatic rings. The zero-order valence-electron chi connectivity index (χ0n) is 11.8. The van der Waals surface area contributed by atoms with E-state index in [-0.39, 0.29) is 18.1 Å². The Morgan fingerprint density at radius 2 is 2.10 bits per heavy atom. The van der Waals surface area contributed by atoms with Gasteiger partial charge < -0.3 is 10.1 Å². The highest BCUT2D eigenvalue weighted by Gasteiger charge is 2.21. The summed E-state index contributed by atoms with van der Waals surface area (Å²) in [4.78, 5) is 12.8. The molecule has 0 amide bonds. The zero-order valence-corrected chi connectivity index (χ0v) is 14.1. The number of esters is 1. The first-order chi connectivity index (χ1) is 9.43. The molecule has 0 spiro atoms. The molecule has 0 aliphatic carbocycles. The van der Waals surface area contributed by atoms with E-state index in [2.05, 4.69) is 5.32 Å². The van der Waals surface area contributed by atoms with Gasteiger partial charge in [0, 0.05) is 21.7 Å². The van der Waals surface area contributed by atoms with Crippen molar-refractivity contribution >= 4 is 40.9 Å². The Hall–Kier alpha value is -0.420. The monoisotopic (exact) mass is 335 g/mol. The second-order valence-electron chi connectivity index (χ2n) is 4.51. The van der Waals surface area contributed by atoms with Gasteiger partial charge in [0.05, 0.1) is 11.6 Å². The first kappa shape index (κ1) is 17.6. The van der Waals surface area contributed by atoms with Crippen LogP contribution in [0, 0.1) is 0 Å². The fourth-order valence-electron chi connectivity index (χ4n) is 1.59. The summed E-state index contributed by atoms with van der Waals surface area (Å²) in [5.41, 5.74) is 0. The number of carbonyl (C=O) groups is 1. The maximum atomic E-state index is 11.9. The first-order valence-electron chi connectivity index (χ1n) is 6.44. The Bertz CT molecular complexity index is 455. The van der Waals surface area contributed by atoms with Crippen molar-refractivity contribution in [1.82, 2.24) is 5.32 Å². The van der Waals surface area contributed by atoms with Crippen LogP contribution >= 0.6 is 35.0 Å². The lowest BCUT2D eigenvalue weighted by atomic mass is 10.3. The molecule has 6 heteroatoms. The van der Waals surface area contributed by atoms with Crippen molar-refractivity contribution in [3.8, 4) is 0 Å². The standard InChI is InChI=1S/C14H19Cl2NO2S/c1-4-19-14(18)12(17-9(2)3)8-20-13-7-10(15)5-6-11(13)16/h5-7,9,12,17H,4,8H2,1-3H3. The van der Waals surface area contributed by atoms with E-state index in [9.17, 15) is 4.79 Å². The molecule has 20 heavy (non-hydrogen) atoms.